The highest BCUT2D eigenvalue weighted by Crippen LogP contribution is 2.33. The van der Waals surface area contributed by atoms with E-state index >= 15 is 0 Å². The van der Waals surface area contributed by atoms with Crippen molar-refractivity contribution < 1.29 is 19.1 Å². The lowest BCUT2D eigenvalue weighted by Gasteiger charge is -2.05. The molecule has 0 saturated heterocycles. The number of anilines is 1. The molecule has 1 rings (SSSR count). The van der Waals surface area contributed by atoms with Crippen molar-refractivity contribution in [3.63, 3.8) is 0 Å². The highest BCUT2D eigenvalue weighted by Gasteiger charge is 2.11. The lowest BCUT2D eigenvalue weighted by Crippen LogP contribution is -2.00. The Morgan fingerprint density at radius 2 is 1.87 bits per heavy atom. The van der Waals surface area contributed by atoms with E-state index in [0.29, 0.717) is 12.1 Å². The largest absolute Gasteiger partial charge is 0.399 e. The monoisotopic (exact) mass is 231 g/mol. The van der Waals surface area contributed by atoms with Gasteiger partial charge in [0.25, 0.3) is 0 Å². The predicted octanol–water partition coefficient (Wildman–Crippen LogP) is 0.963. The lowest BCUT2D eigenvalue weighted by molar-refractivity contribution is 0.160. The van der Waals surface area contributed by atoms with Crippen molar-refractivity contribution in [3.8, 4) is 0 Å². The van der Waals surface area contributed by atoms with Gasteiger partial charge in [-0.25, -0.2) is 0 Å². The second-order valence-corrected chi connectivity index (χ2v) is 4.78. The summed E-state index contributed by atoms with van der Waals surface area (Å²) in [5, 5.41) is 0. The molecular formula is C9H14NO4P. The van der Waals surface area contributed by atoms with E-state index in [2.05, 4.69) is 0 Å². The average Bonchev–Trinajstić information content (AvgIpc) is 2.14. The molecule has 0 amide bonds. The molecule has 0 aliphatic heterocycles. The second kappa shape index (κ2) is 5.28. The number of nitrogen functional groups attached to an aromatic ring is 1. The summed E-state index contributed by atoms with van der Waals surface area (Å²) in [7, 11) is -4.04. The van der Waals surface area contributed by atoms with Crippen molar-refractivity contribution in [3.05, 3.63) is 29.8 Å². The summed E-state index contributed by atoms with van der Waals surface area (Å²) < 4.78 is 15.3. The van der Waals surface area contributed by atoms with Gasteiger partial charge in [0, 0.05) is 5.69 Å². The van der Waals surface area contributed by atoms with Gasteiger partial charge >= 0.3 is 7.60 Å². The summed E-state index contributed by atoms with van der Waals surface area (Å²) in [6.07, 6.45) is 0.0856. The molecule has 1 aromatic rings. The van der Waals surface area contributed by atoms with Crippen molar-refractivity contribution in [1.29, 1.82) is 0 Å². The normalized spacial score (nSPS) is 11.6. The van der Waals surface area contributed by atoms with Crippen LogP contribution in [0.5, 0.6) is 0 Å². The lowest BCUT2D eigenvalue weighted by atomic mass is 10.1. The van der Waals surface area contributed by atoms with Crippen LogP contribution < -0.4 is 5.73 Å². The highest BCUT2D eigenvalue weighted by molar-refractivity contribution is 7.51. The van der Waals surface area contributed by atoms with Crippen LogP contribution in [0.4, 0.5) is 5.69 Å². The molecule has 1 aromatic carbocycles. The van der Waals surface area contributed by atoms with E-state index in [4.69, 9.17) is 20.3 Å². The molecule has 5 nitrogen and oxygen atoms in total. The third-order valence-corrected chi connectivity index (χ3v) is 2.29. The van der Waals surface area contributed by atoms with Crippen molar-refractivity contribution in [2.45, 2.75) is 6.42 Å². The average molecular weight is 231 g/mol. The molecule has 0 fully saturated rings. The molecule has 0 unspecified atom stereocenters. The molecule has 0 aliphatic rings. The summed E-state index contributed by atoms with van der Waals surface area (Å²) in [5.74, 6) is 0. The van der Waals surface area contributed by atoms with E-state index in [1.165, 1.54) is 0 Å². The first kappa shape index (κ1) is 12.2. The molecule has 0 saturated carbocycles. The smallest absolute Gasteiger partial charge is 0.350 e. The van der Waals surface area contributed by atoms with Crippen molar-refractivity contribution in [2.75, 3.05) is 18.7 Å². The van der Waals surface area contributed by atoms with Crippen LogP contribution in [0.15, 0.2) is 24.3 Å². The van der Waals surface area contributed by atoms with Crippen LogP contribution in [-0.4, -0.2) is 22.7 Å². The fourth-order valence-corrected chi connectivity index (χ4v) is 1.42. The first-order valence-corrected chi connectivity index (χ1v) is 6.24. The van der Waals surface area contributed by atoms with Gasteiger partial charge in [0.05, 0.1) is 6.61 Å². The molecule has 84 valence electrons. The van der Waals surface area contributed by atoms with Crippen LogP contribution in [0.1, 0.15) is 5.56 Å². The number of rotatable bonds is 5. The summed E-state index contributed by atoms with van der Waals surface area (Å²) in [6.45, 7) is 0.287. The molecule has 4 N–H and O–H groups in total. The van der Waals surface area contributed by atoms with Gasteiger partial charge in [0.2, 0.25) is 0 Å². The minimum atomic E-state index is -4.04. The first-order valence-electron chi connectivity index (χ1n) is 4.44. The fraction of sp³-hybridized carbons (Fsp3) is 0.333. The molecule has 6 heteroatoms. The molecule has 0 spiro atoms. The number of nitrogens with two attached hydrogens (primary N) is 1. The quantitative estimate of drug-likeness (QED) is 0.399. The van der Waals surface area contributed by atoms with Crippen LogP contribution in [0.3, 0.4) is 0 Å². The maximum atomic E-state index is 10.4. The third kappa shape index (κ3) is 5.54. The van der Waals surface area contributed by atoms with E-state index in [1.54, 1.807) is 12.1 Å². The Morgan fingerprint density at radius 3 is 2.40 bits per heavy atom. The number of ether oxygens (including phenoxy) is 1. The minimum absolute atomic E-state index is 0.287. The molecule has 0 radical (unpaired) electrons. The Bertz CT molecular complexity index is 346. The zero-order valence-electron chi connectivity index (χ0n) is 8.17. The second-order valence-electron chi connectivity index (χ2n) is 3.19. The number of benzene rings is 1. The fourth-order valence-electron chi connectivity index (χ4n) is 1.06. The standard InChI is InChI=1S/C9H14NO4P/c10-9-3-1-8(2-4-9)5-6-14-7-15(11,12)13/h1-4H,5-7,10H2,(H2,11,12,13). The van der Waals surface area contributed by atoms with Gasteiger partial charge in [-0.15, -0.1) is 0 Å². The molecule has 0 aromatic heterocycles. The molecule has 0 heterocycles. The summed E-state index contributed by atoms with van der Waals surface area (Å²) in [4.78, 5) is 17.0. The summed E-state index contributed by atoms with van der Waals surface area (Å²) in [5.41, 5.74) is 7.22. The van der Waals surface area contributed by atoms with Crippen LogP contribution >= 0.6 is 7.60 Å². The maximum absolute atomic E-state index is 10.4. The Kier molecular flexibility index (Phi) is 4.29. The Labute approximate surface area is 88.0 Å². The third-order valence-electron chi connectivity index (χ3n) is 1.77. The van der Waals surface area contributed by atoms with E-state index in [1.807, 2.05) is 12.1 Å². The molecule has 0 atom stereocenters. The number of hydrogen-bond donors (Lipinski definition) is 3. The summed E-state index contributed by atoms with van der Waals surface area (Å²) in [6, 6.07) is 7.27. The van der Waals surface area contributed by atoms with Crippen molar-refractivity contribution >= 4 is 13.3 Å². The van der Waals surface area contributed by atoms with Crippen molar-refractivity contribution in [1.82, 2.24) is 0 Å². The zero-order valence-corrected chi connectivity index (χ0v) is 9.06. The van der Waals surface area contributed by atoms with E-state index < -0.39 is 13.9 Å². The molecule has 15 heavy (non-hydrogen) atoms. The topological polar surface area (TPSA) is 92.8 Å². The van der Waals surface area contributed by atoms with Crippen LogP contribution in [0, 0.1) is 0 Å². The zero-order chi connectivity index (χ0) is 11.3. The van der Waals surface area contributed by atoms with Gasteiger partial charge in [0.15, 0.2) is 0 Å². The predicted molar refractivity (Wildman–Crippen MR) is 57.4 cm³/mol. The van der Waals surface area contributed by atoms with E-state index in [9.17, 15) is 4.57 Å². The van der Waals surface area contributed by atoms with E-state index in [-0.39, 0.29) is 6.61 Å². The Morgan fingerprint density at radius 1 is 1.27 bits per heavy atom. The Balaban J connectivity index is 2.26. The van der Waals surface area contributed by atoms with Gasteiger partial charge in [-0.2, -0.15) is 0 Å². The van der Waals surface area contributed by atoms with Crippen LogP contribution in [0.2, 0.25) is 0 Å². The molecular weight excluding hydrogens is 217 g/mol. The maximum Gasteiger partial charge on any atom is 0.350 e. The van der Waals surface area contributed by atoms with Crippen LogP contribution in [0.25, 0.3) is 0 Å². The molecule has 0 bridgehead atoms. The van der Waals surface area contributed by atoms with Gasteiger partial charge < -0.3 is 20.3 Å². The summed E-state index contributed by atoms with van der Waals surface area (Å²) >= 11 is 0. The van der Waals surface area contributed by atoms with E-state index in [0.717, 1.165) is 5.56 Å². The minimum Gasteiger partial charge on any atom is -0.399 e. The van der Waals surface area contributed by atoms with Gasteiger partial charge in [-0.3, -0.25) is 4.57 Å². The molecule has 0 aliphatic carbocycles. The SMILES string of the molecule is Nc1ccc(CCOCP(=O)(O)O)cc1. The Hall–Kier alpha value is -0.870. The van der Waals surface area contributed by atoms with Crippen molar-refractivity contribution in [2.24, 2.45) is 0 Å². The van der Waals surface area contributed by atoms with Gasteiger partial charge in [-0.1, -0.05) is 12.1 Å². The van der Waals surface area contributed by atoms with Crippen LogP contribution in [-0.2, 0) is 15.7 Å². The number of hydrogen-bond acceptors (Lipinski definition) is 3. The van der Waals surface area contributed by atoms with Gasteiger partial charge in [-0.05, 0) is 24.1 Å². The highest BCUT2D eigenvalue weighted by atomic mass is 31.2. The van der Waals surface area contributed by atoms with Gasteiger partial charge in [0.1, 0.15) is 6.35 Å². The first-order chi connectivity index (χ1) is 6.97.